The van der Waals surface area contributed by atoms with Gasteiger partial charge in [0.1, 0.15) is 0 Å². The number of likely N-dealkylation sites (tertiary alicyclic amines) is 1. The van der Waals surface area contributed by atoms with Gasteiger partial charge in [0.2, 0.25) is 5.91 Å². The summed E-state index contributed by atoms with van der Waals surface area (Å²) in [5.41, 5.74) is 0. The Morgan fingerprint density at radius 1 is 1.50 bits per heavy atom. The number of hydrogen-bond donors (Lipinski definition) is 1. The Morgan fingerprint density at radius 3 is 2.69 bits per heavy atom. The molecule has 92 valence electrons. The van der Waals surface area contributed by atoms with Gasteiger partial charge in [0.25, 0.3) is 0 Å². The third kappa shape index (κ3) is 3.48. The largest absolute Gasteiger partial charge is 0.480 e. The number of carbonyl (C=O) groups excluding carboxylic acids is 1. The molecule has 1 heterocycles. The average molecular weight is 228 g/mol. The van der Waals surface area contributed by atoms with E-state index in [9.17, 15) is 9.59 Å². The lowest BCUT2D eigenvalue weighted by Crippen LogP contribution is -2.43. The van der Waals surface area contributed by atoms with Crippen LogP contribution in [-0.2, 0) is 9.59 Å². The Kier molecular flexibility index (Phi) is 4.73. The smallest absolute Gasteiger partial charge is 0.317 e. The van der Waals surface area contributed by atoms with Crippen molar-refractivity contribution < 1.29 is 14.7 Å². The Hall–Kier alpha value is -1.10. The van der Waals surface area contributed by atoms with Crippen molar-refractivity contribution in [3.05, 3.63) is 0 Å². The van der Waals surface area contributed by atoms with Crippen LogP contribution in [0.2, 0.25) is 0 Å². The molecule has 1 aliphatic heterocycles. The number of likely N-dealkylation sites (N-methyl/N-ethyl adjacent to an activating group) is 1. The van der Waals surface area contributed by atoms with Gasteiger partial charge in [-0.1, -0.05) is 0 Å². The fourth-order valence-electron chi connectivity index (χ4n) is 2.22. The maximum absolute atomic E-state index is 11.3. The lowest BCUT2D eigenvalue weighted by atomic mass is 10.2. The summed E-state index contributed by atoms with van der Waals surface area (Å²) in [4.78, 5) is 25.7. The molecule has 1 rings (SSSR count). The molecule has 0 aromatic rings. The van der Waals surface area contributed by atoms with Gasteiger partial charge in [0.05, 0.1) is 6.54 Å². The summed E-state index contributed by atoms with van der Waals surface area (Å²) in [7, 11) is 0. The minimum Gasteiger partial charge on any atom is -0.480 e. The molecule has 0 radical (unpaired) electrons. The van der Waals surface area contributed by atoms with E-state index in [1.807, 2.05) is 11.8 Å². The van der Waals surface area contributed by atoms with Crippen LogP contribution in [0.1, 0.15) is 26.7 Å². The molecule has 1 atom stereocenters. The van der Waals surface area contributed by atoms with E-state index in [1.165, 1.54) is 0 Å². The van der Waals surface area contributed by atoms with Gasteiger partial charge in [-0.25, -0.2) is 0 Å². The van der Waals surface area contributed by atoms with Crippen LogP contribution in [0.3, 0.4) is 0 Å². The predicted octanol–water partition coefficient (Wildman–Crippen LogP) is 0.404. The van der Waals surface area contributed by atoms with Crippen LogP contribution >= 0.6 is 0 Å². The monoisotopic (exact) mass is 228 g/mol. The normalized spacial score (nSPS) is 21.0. The highest BCUT2D eigenvalue weighted by Gasteiger charge is 2.27. The summed E-state index contributed by atoms with van der Waals surface area (Å²) < 4.78 is 0. The molecule has 0 unspecified atom stereocenters. The van der Waals surface area contributed by atoms with Gasteiger partial charge >= 0.3 is 5.97 Å². The first-order chi connectivity index (χ1) is 7.54. The Bertz CT molecular complexity index is 268. The quantitative estimate of drug-likeness (QED) is 0.740. The molecule has 1 amide bonds. The van der Waals surface area contributed by atoms with Gasteiger partial charge in [-0.3, -0.25) is 14.5 Å². The summed E-state index contributed by atoms with van der Waals surface area (Å²) in [6.45, 7) is 5.75. The van der Waals surface area contributed by atoms with E-state index in [0.717, 1.165) is 19.4 Å². The number of rotatable bonds is 5. The van der Waals surface area contributed by atoms with Gasteiger partial charge in [-0.05, 0) is 26.3 Å². The summed E-state index contributed by atoms with van der Waals surface area (Å²) in [6.07, 6.45) is 2.00. The summed E-state index contributed by atoms with van der Waals surface area (Å²) >= 11 is 0. The van der Waals surface area contributed by atoms with E-state index in [4.69, 9.17) is 5.11 Å². The lowest BCUT2D eigenvalue weighted by molar-refractivity contribution is -0.138. The second kappa shape index (κ2) is 5.84. The maximum atomic E-state index is 11.3. The zero-order valence-corrected chi connectivity index (χ0v) is 9.98. The molecule has 5 nitrogen and oxygen atoms in total. The number of carboxylic acids is 1. The predicted molar refractivity (Wildman–Crippen MR) is 60.2 cm³/mol. The van der Waals surface area contributed by atoms with Gasteiger partial charge < -0.3 is 10.0 Å². The molecule has 0 spiro atoms. The highest BCUT2D eigenvalue weighted by molar-refractivity contribution is 5.73. The van der Waals surface area contributed by atoms with E-state index in [0.29, 0.717) is 13.1 Å². The fourth-order valence-corrected chi connectivity index (χ4v) is 2.22. The van der Waals surface area contributed by atoms with Crippen LogP contribution in [0.15, 0.2) is 0 Å². The van der Waals surface area contributed by atoms with Crippen LogP contribution < -0.4 is 0 Å². The standard InChI is InChI=1S/C11H20N2O3/c1-3-12(9(2)14)7-10-5-4-6-13(10)8-11(15)16/h10H,3-8H2,1-2H3,(H,15,16)/t10-/m0/s1. The molecule has 1 fully saturated rings. The van der Waals surface area contributed by atoms with Gasteiger partial charge in [0.15, 0.2) is 0 Å². The van der Waals surface area contributed by atoms with E-state index in [-0.39, 0.29) is 18.5 Å². The summed E-state index contributed by atoms with van der Waals surface area (Å²) in [5, 5.41) is 8.77. The van der Waals surface area contributed by atoms with Crippen molar-refractivity contribution in [1.29, 1.82) is 0 Å². The Morgan fingerprint density at radius 2 is 2.19 bits per heavy atom. The zero-order valence-electron chi connectivity index (χ0n) is 9.98. The van der Waals surface area contributed by atoms with Gasteiger partial charge in [-0.15, -0.1) is 0 Å². The van der Waals surface area contributed by atoms with Crippen molar-refractivity contribution in [3.8, 4) is 0 Å². The highest BCUT2D eigenvalue weighted by atomic mass is 16.4. The van der Waals surface area contributed by atoms with E-state index in [2.05, 4.69) is 0 Å². The van der Waals surface area contributed by atoms with Crippen LogP contribution in [0.25, 0.3) is 0 Å². The third-order valence-corrected chi connectivity index (χ3v) is 3.10. The molecule has 0 saturated carbocycles. The average Bonchev–Trinajstić information content (AvgIpc) is 2.60. The van der Waals surface area contributed by atoms with Crippen LogP contribution in [0.5, 0.6) is 0 Å². The molecule has 0 aliphatic carbocycles. The van der Waals surface area contributed by atoms with Crippen LogP contribution in [0.4, 0.5) is 0 Å². The van der Waals surface area contributed by atoms with Crippen molar-refractivity contribution in [2.45, 2.75) is 32.7 Å². The molecule has 1 N–H and O–H groups in total. The molecule has 0 aromatic heterocycles. The highest BCUT2D eigenvalue weighted by Crippen LogP contribution is 2.17. The maximum Gasteiger partial charge on any atom is 0.317 e. The number of aliphatic carboxylic acids is 1. The summed E-state index contributed by atoms with van der Waals surface area (Å²) in [6, 6.07) is 0.208. The molecule has 0 bridgehead atoms. The third-order valence-electron chi connectivity index (χ3n) is 3.10. The molecular weight excluding hydrogens is 208 g/mol. The molecular formula is C11H20N2O3. The topological polar surface area (TPSA) is 60.9 Å². The van der Waals surface area contributed by atoms with E-state index >= 15 is 0 Å². The minimum absolute atomic E-state index is 0.0599. The van der Waals surface area contributed by atoms with Gasteiger partial charge in [0, 0.05) is 26.1 Å². The minimum atomic E-state index is -0.794. The Balaban J connectivity index is 2.51. The van der Waals surface area contributed by atoms with E-state index in [1.54, 1.807) is 11.8 Å². The molecule has 5 heteroatoms. The van der Waals surface area contributed by atoms with Crippen molar-refractivity contribution in [1.82, 2.24) is 9.80 Å². The molecule has 1 aliphatic rings. The van der Waals surface area contributed by atoms with Crippen molar-refractivity contribution in [2.75, 3.05) is 26.2 Å². The van der Waals surface area contributed by atoms with Crippen molar-refractivity contribution in [3.63, 3.8) is 0 Å². The molecule has 1 saturated heterocycles. The summed E-state index contributed by atoms with van der Waals surface area (Å²) in [5.74, 6) is -0.734. The van der Waals surface area contributed by atoms with Crippen LogP contribution in [-0.4, -0.2) is 59.0 Å². The molecule has 16 heavy (non-hydrogen) atoms. The number of carbonyl (C=O) groups is 2. The Labute approximate surface area is 96.0 Å². The number of carboxylic acid groups (broad SMARTS) is 1. The number of amides is 1. The fraction of sp³-hybridized carbons (Fsp3) is 0.818. The first kappa shape index (κ1) is 13.0. The molecule has 0 aromatic carbocycles. The second-order valence-electron chi connectivity index (χ2n) is 4.22. The second-order valence-corrected chi connectivity index (χ2v) is 4.22. The van der Waals surface area contributed by atoms with Crippen LogP contribution in [0, 0.1) is 0 Å². The SMILES string of the molecule is CCN(C[C@@H]1CCCN1CC(=O)O)C(C)=O. The lowest BCUT2D eigenvalue weighted by Gasteiger charge is -2.28. The van der Waals surface area contributed by atoms with Crippen molar-refractivity contribution >= 4 is 11.9 Å². The van der Waals surface area contributed by atoms with Crippen molar-refractivity contribution in [2.24, 2.45) is 0 Å². The number of hydrogen-bond acceptors (Lipinski definition) is 3. The van der Waals surface area contributed by atoms with E-state index < -0.39 is 5.97 Å². The zero-order chi connectivity index (χ0) is 12.1. The number of nitrogens with zero attached hydrogens (tertiary/aromatic N) is 2. The van der Waals surface area contributed by atoms with Gasteiger partial charge in [-0.2, -0.15) is 0 Å². The first-order valence-corrected chi connectivity index (χ1v) is 5.76. The first-order valence-electron chi connectivity index (χ1n) is 5.76.